The molecule has 1 saturated heterocycles. The van der Waals surface area contributed by atoms with Gasteiger partial charge in [-0.2, -0.15) is 0 Å². The van der Waals surface area contributed by atoms with Gasteiger partial charge in [0.15, 0.2) is 5.78 Å². The molecule has 0 spiro atoms. The first-order chi connectivity index (χ1) is 17.4. The number of nitrogens with zero attached hydrogens (tertiary/aromatic N) is 1. The molecule has 0 aromatic heterocycles. The van der Waals surface area contributed by atoms with Gasteiger partial charge >= 0.3 is 0 Å². The first-order valence-corrected chi connectivity index (χ1v) is 13.3. The number of piperidine rings is 1. The Hall–Kier alpha value is -2.88. The number of hydrogen-bond donors (Lipinski definition) is 0. The van der Waals surface area contributed by atoms with Gasteiger partial charge in [-0.15, -0.1) is 12.4 Å². The fraction of sp³-hybridized carbons (Fsp3) is 0.364. The maximum atomic E-state index is 12.7. The number of halogens is 1. The van der Waals surface area contributed by atoms with E-state index < -0.39 is 0 Å². The van der Waals surface area contributed by atoms with Gasteiger partial charge in [0.25, 0.3) is 0 Å². The quantitative estimate of drug-likeness (QED) is 0.324. The van der Waals surface area contributed by atoms with Crippen molar-refractivity contribution in [2.75, 3.05) is 19.6 Å². The average molecular weight is 516 g/mol. The van der Waals surface area contributed by atoms with Gasteiger partial charge in [-0.1, -0.05) is 93.1 Å². The molecule has 0 radical (unpaired) electrons. The summed E-state index contributed by atoms with van der Waals surface area (Å²) >= 11 is 0. The predicted octanol–water partition coefficient (Wildman–Crippen LogP) is 7.86. The lowest BCUT2D eigenvalue weighted by molar-refractivity contribution is 0.0974. The fourth-order valence-corrected chi connectivity index (χ4v) is 5.43. The maximum Gasteiger partial charge on any atom is 0.162 e. The van der Waals surface area contributed by atoms with E-state index >= 15 is 0 Å². The Kier molecular flexibility index (Phi) is 8.56. The number of fused-ring (bicyclic) bond motifs is 2. The molecular weight excluding hydrogens is 478 g/mol. The molecular formula is C33H38ClNO2. The Labute approximate surface area is 228 Å². The number of benzene rings is 3. The number of hydrogen-bond acceptors (Lipinski definition) is 3. The zero-order chi connectivity index (χ0) is 25.1. The first kappa shape index (κ1) is 27.2. The van der Waals surface area contributed by atoms with Gasteiger partial charge in [-0.3, -0.25) is 4.79 Å². The summed E-state index contributed by atoms with van der Waals surface area (Å²) in [7, 11) is 0. The van der Waals surface area contributed by atoms with Crippen LogP contribution < -0.4 is 4.74 Å². The molecule has 0 bridgehead atoms. The Balaban J connectivity index is 0.00000320. The van der Waals surface area contributed by atoms with Crippen LogP contribution in [0.2, 0.25) is 0 Å². The monoisotopic (exact) mass is 515 g/mol. The van der Waals surface area contributed by atoms with Crippen LogP contribution in [-0.4, -0.2) is 30.3 Å². The summed E-state index contributed by atoms with van der Waals surface area (Å²) in [6.07, 6.45) is 3.63. The molecule has 0 aliphatic carbocycles. The number of likely N-dealkylation sites (tertiary alicyclic amines) is 1. The van der Waals surface area contributed by atoms with E-state index in [0.717, 1.165) is 50.2 Å². The summed E-state index contributed by atoms with van der Waals surface area (Å²) < 4.78 is 6.18. The molecule has 5 rings (SSSR count). The molecule has 3 nitrogen and oxygen atoms in total. The Bertz CT molecular complexity index is 1210. The number of para-hydroxylation sites is 1. The van der Waals surface area contributed by atoms with Gasteiger partial charge in [0.2, 0.25) is 0 Å². The molecule has 2 aliphatic heterocycles. The number of ether oxygens (including phenoxy) is 1. The van der Waals surface area contributed by atoms with E-state index in [1.54, 1.807) is 0 Å². The molecule has 0 amide bonds. The summed E-state index contributed by atoms with van der Waals surface area (Å²) in [6.45, 7) is 10.3. The molecule has 2 aliphatic rings. The minimum absolute atomic E-state index is 0. The van der Waals surface area contributed by atoms with Crippen molar-refractivity contribution in [3.05, 3.63) is 106 Å². The van der Waals surface area contributed by atoms with Gasteiger partial charge in [-0.05, 0) is 59.6 Å². The molecule has 2 heterocycles. The van der Waals surface area contributed by atoms with Crippen LogP contribution in [0.5, 0.6) is 5.75 Å². The van der Waals surface area contributed by atoms with Crippen molar-refractivity contribution < 1.29 is 9.53 Å². The normalized spacial score (nSPS) is 15.6. The third-order valence-electron chi connectivity index (χ3n) is 7.59. The topological polar surface area (TPSA) is 29.5 Å². The molecule has 0 saturated carbocycles. The van der Waals surface area contributed by atoms with Gasteiger partial charge in [0, 0.05) is 30.6 Å². The summed E-state index contributed by atoms with van der Waals surface area (Å²) in [5, 5.41) is 0. The SMILES string of the molecule is CC(C)(C)c1ccc(C(=O)CCCN2CCC(=C3c4ccccc4COc4ccccc43)CC2)cc1.Cl. The first-order valence-electron chi connectivity index (χ1n) is 13.3. The molecule has 0 atom stereocenters. The number of rotatable bonds is 5. The van der Waals surface area contributed by atoms with Crippen molar-refractivity contribution in [1.82, 2.24) is 4.90 Å². The lowest BCUT2D eigenvalue weighted by atomic mass is 9.86. The van der Waals surface area contributed by atoms with Crippen molar-refractivity contribution >= 4 is 23.8 Å². The minimum atomic E-state index is 0. The van der Waals surface area contributed by atoms with Gasteiger partial charge in [0.1, 0.15) is 12.4 Å². The second kappa shape index (κ2) is 11.7. The van der Waals surface area contributed by atoms with E-state index in [9.17, 15) is 4.79 Å². The number of ketones is 1. The van der Waals surface area contributed by atoms with E-state index in [2.05, 4.69) is 86.3 Å². The van der Waals surface area contributed by atoms with E-state index in [-0.39, 0.29) is 23.6 Å². The summed E-state index contributed by atoms with van der Waals surface area (Å²) in [6, 6.07) is 25.3. The third kappa shape index (κ3) is 6.17. The molecule has 1 fully saturated rings. The van der Waals surface area contributed by atoms with Crippen molar-refractivity contribution in [1.29, 1.82) is 0 Å². The van der Waals surface area contributed by atoms with Crippen LogP contribution in [-0.2, 0) is 12.0 Å². The van der Waals surface area contributed by atoms with E-state index in [1.807, 2.05) is 12.1 Å². The van der Waals surface area contributed by atoms with Crippen molar-refractivity contribution in [2.45, 2.75) is 58.5 Å². The lowest BCUT2D eigenvalue weighted by Crippen LogP contribution is -2.32. The molecule has 3 aromatic rings. The van der Waals surface area contributed by atoms with Crippen LogP contribution in [0.25, 0.3) is 5.57 Å². The Morgan fingerprint density at radius 1 is 0.865 bits per heavy atom. The van der Waals surface area contributed by atoms with E-state index in [4.69, 9.17) is 4.74 Å². The largest absolute Gasteiger partial charge is 0.488 e. The molecule has 194 valence electrons. The van der Waals surface area contributed by atoms with Gasteiger partial charge in [-0.25, -0.2) is 0 Å². The standard InChI is InChI=1S/C33H37NO2.ClH/c1-33(2,3)27-16-14-24(15-17-27)30(35)12-8-20-34-21-18-25(19-22-34)32-28-10-5-4-9-26(28)23-36-31-13-7-6-11-29(31)32;/h4-7,9-11,13-17H,8,12,18-23H2,1-3H3;1H. The van der Waals surface area contributed by atoms with Crippen LogP contribution in [0.1, 0.15) is 79.1 Å². The molecule has 0 unspecified atom stereocenters. The van der Waals surface area contributed by atoms with E-state index in [0.29, 0.717) is 13.0 Å². The van der Waals surface area contributed by atoms with E-state index in [1.165, 1.54) is 33.4 Å². The fourth-order valence-electron chi connectivity index (χ4n) is 5.43. The second-order valence-electron chi connectivity index (χ2n) is 11.1. The minimum Gasteiger partial charge on any atom is -0.488 e. The van der Waals surface area contributed by atoms with Crippen molar-refractivity contribution in [3.63, 3.8) is 0 Å². The Morgan fingerprint density at radius 2 is 1.51 bits per heavy atom. The highest BCUT2D eigenvalue weighted by Gasteiger charge is 2.24. The van der Waals surface area contributed by atoms with Crippen LogP contribution in [0.3, 0.4) is 0 Å². The highest BCUT2D eigenvalue weighted by molar-refractivity contribution is 5.96. The number of carbonyl (C=O) groups excluding carboxylic acids is 1. The lowest BCUT2D eigenvalue weighted by Gasteiger charge is -2.30. The van der Waals surface area contributed by atoms with Crippen LogP contribution >= 0.6 is 12.4 Å². The molecule has 0 N–H and O–H groups in total. The molecule has 37 heavy (non-hydrogen) atoms. The summed E-state index contributed by atoms with van der Waals surface area (Å²) in [5.41, 5.74) is 8.89. The molecule has 3 aromatic carbocycles. The smallest absolute Gasteiger partial charge is 0.162 e. The average Bonchev–Trinajstić information content (AvgIpc) is 3.06. The highest BCUT2D eigenvalue weighted by Crippen LogP contribution is 2.40. The number of carbonyl (C=O) groups is 1. The van der Waals surface area contributed by atoms with Crippen LogP contribution in [0, 0.1) is 0 Å². The van der Waals surface area contributed by atoms with Crippen molar-refractivity contribution in [2.24, 2.45) is 0 Å². The van der Waals surface area contributed by atoms with Crippen LogP contribution in [0.4, 0.5) is 0 Å². The molecule has 4 heteroatoms. The summed E-state index contributed by atoms with van der Waals surface area (Å²) in [5.74, 6) is 1.23. The zero-order valence-electron chi connectivity index (χ0n) is 22.3. The van der Waals surface area contributed by atoms with Gasteiger partial charge < -0.3 is 9.64 Å². The zero-order valence-corrected chi connectivity index (χ0v) is 23.1. The summed E-state index contributed by atoms with van der Waals surface area (Å²) in [4.78, 5) is 15.3. The second-order valence-corrected chi connectivity index (χ2v) is 11.1. The Morgan fingerprint density at radius 3 is 2.22 bits per heavy atom. The maximum absolute atomic E-state index is 12.7. The van der Waals surface area contributed by atoms with Crippen molar-refractivity contribution in [3.8, 4) is 5.75 Å². The van der Waals surface area contributed by atoms with Gasteiger partial charge in [0.05, 0.1) is 0 Å². The number of Topliss-reactive ketones (excluding diaryl/α,β-unsaturated/α-hetero) is 1. The highest BCUT2D eigenvalue weighted by atomic mass is 35.5. The predicted molar refractivity (Wildman–Crippen MR) is 155 cm³/mol. The third-order valence-corrected chi connectivity index (χ3v) is 7.59. The van der Waals surface area contributed by atoms with Crippen LogP contribution in [0.15, 0.2) is 78.4 Å².